The smallest absolute Gasteiger partial charge is 0.170 e. The molecule has 0 unspecified atom stereocenters. The summed E-state index contributed by atoms with van der Waals surface area (Å²) in [4.78, 5) is 1.25. The van der Waals surface area contributed by atoms with Crippen LogP contribution < -0.4 is 5.73 Å². The second-order valence-corrected chi connectivity index (χ2v) is 5.27. The van der Waals surface area contributed by atoms with Gasteiger partial charge in [-0.15, -0.1) is 11.8 Å². The van der Waals surface area contributed by atoms with Crippen molar-refractivity contribution >= 4 is 17.6 Å². The van der Waals surface area contributed by atoms with Gasteiger partial charge in [0, 0.05) is 21.8 Å². The van der Waals surface area contributed by atoms with E-state index in [1.54, 1.807) is 6.07 Å². The van der Waals surface area contributed by atoms with Gasteiger partial charge < -0.3 is 10.3 Å². The van der Waals surface area contributed by atoms with Gasteiger partial charge in [0.25, 0.3) is 0 Å². The molecule has 2 aromatic rings. The summed E-state index contributed by atoms with van der Waals surface area (Å²) >= 11 is 1.91. The summed E-state index contributed by atoms with van der Waals surface area (Å²) in [5.41, 5.74) is 6.65. The van der Waals surface area contributed by atoms with Crippen LogP contribution in [0.3, 0.4) is 0 Å². The number of nitrogens with zero attached hydrogens (tertiary/aromatic N) is 1. The Hall–Kier alpha value is -1.42. The fourth-order valence-corrected chi connectivity index (χ4v) is 2.74. The van der Waals surface area contributed by atoms with Gasteiger partial charge in [-0.2, -0.15) is 0 Å². The first-order chi connectivity index (χ1) is 7.83. The average molecular weight is 232 g/mol. The van der Waals surface area contributed by atoms with Crippen molar-refractivity contribution in [3.8, 4) is 11.3 Å². The van der Waals surface area contributed by atoms with Crippen molar-refractivity contribution in [2.45, 2.75) is 23.0 Å². The zero-order chi connectivity index (χ0) is 11.0. The Kier molecular flexibility index (Phi) is 2.36. The molecule has 0 radical (unpaired) electrons. The van der Waals surface area contributed by atoms with E-state index in [1.165, 1.54) is 17.7 Å². The van der Waals surface area contributed by atoms with Crippen molar-refractivity contribution in [3.63, 3.8) is 0 Å². The number of benzene rings is 1. The Morgan fingerprint density at radius 3 is 2.81 bits per heavy atom. The van der Waals surface area contributed by atoms with Gasteiger partial charge >= 0.3 is 0 Å². The Morgan fingerprint density at radius 2 is 2.12 bits per heavy atom. The summed E-state index contributed by atoms with van der Waals surface area (Å²) in [6, 6.07) is 9.99. The highest BCUT2D eigenvalue weighted by atomic mass is 32.2. The first kappa shape index (κ1) is 9.78. The summed E-state index contributed by atoms with van der Waals surface area (Å²) in [7, 11) is 0. The summed E-state index contributed by atoms with van der Waals surface area (Å²) in [5.74, 6) is 1.18. The Bertz CT molecular complexity index is 505. The lowest BCUT2D eigenvalue weighted by atomic mass is 10.2. The van der Waals surface area contributed by atoms with Crippen molar-refractivity contribution in [2.75, 3.05) is 5.73 Å². The third-order valence-electron chi connectivity index (χ3n) is 2.50. The minimum absolute atomic E-state index is 0.432. The first-order valence-corrected chi connectivity index (χ1v) is 6.19. The van der Waals surface area contributed by atoms with Gasteiger partial charge in [-0.05, 0) is 25.0 Å². The molecule has 0 amide bonds. The molecule has 0 atom stereocenters. The standard InChI is InChI=1S/C12H12N2OS/c13-12-7-10(15-14-12)9-3-1-2-4-11(9)16-8-5-6-8/h1-4,7-8H,5-6H2,(H2,13,14). The number of hydrogen-bond donors (Lipinski definition) is 1. The lowest BCUT2D eigenvalue weighted by molar-refractivity contribution is 0.435. The predicted molar refractivity (Wildman–Crippen MR) is 65.2 cm³/mol. The van der Waals surface area contributed by atoms with E-state index in [9.17, 15) is 0 Å². The monoisotopic (exact) mass is 232 g/mol. The van der Waals surface area contributed by atoms with Crippen molar-refractivity contribution in [1.82, 2.24) is 5.16 Å². The molecular weight excluding hydrogens is 220 g/mol. The van der Waals surface area contributed by atoms with Crippen molar-refractivity contribution < 1.29 is 4.52 Å². The highest BCUT2D eigenvalue weighted by Gasteiger charge is 2.24. The number of rotatable bonds is 3. The highest BCUT2D eigenvalue weighted by Crippen LogP contribution is 2.42. The van der Waals surface area contributed by atoms with Crippen LogP contribution in [-0.4, -0.2) is 10.4 Å². The number of hydrogen-bond acceptors (Lipinski definition) is 4. The molecule has 1 aromatic carbocycles. The second kappa shape index (κ2) is 3.87. The quantitative estimate of drug-likeness (QED) is 0.883. The highest BCUT2D eigenvalue weighted by molar-refractivity contribution is 8.00. The summed E-state index contributed by atoms with van der Waals surface area (Å²) in [5, 5.41) is 4.50. The van der Waals surface area contributed by atoms with E-state index < -0.39 is 0 Å². The van der Waals surface area contributed by atoms with Crippen LogP contribution >= 0.6 is 11.8 Å². The molecule has 1 saturated carbocycles. The second-order valence-electron chi connectivity index (χ2n) is 3.93. The maximum Gasteiger partial charge on any atom is 0.170 e. The maximum absolute atomic E-state index is 5.57. The van der Waals surface area contributed by atoms with Crippen molar-refractivity contribution in [2.24, 2.45) is 0 Å². The lowest BCUT2D eigenvalue weighted by Crippen LogP contribution is -1.82. The largest absolute Gasteiger partial charge is 0.381 e. The molecule has 0 bridgehead atoms. The Balaban J connectivity index is 1.98. The van der Waals surface area contributed by atoms with Crippen molar-refractivity contribution in [3.05, 3.63) is 30.3 Å². The van der Waals surface area contributed by atoms with Gasteiger partial charge in [0.2, 0.25) is 0 Å². The van der Waals surface area contributed by atoms with E-state index in [2.05, 4.69) is 11.2 Å². The molecule has 16 heavy (non-hydrogen) atoms. The van der Waals surface area contributed by atoms with Gasteiger partial charge in [-0.3, -0.25) is 0 Å². The van der Waals surface area contributed by atoms with Crippen LogP contribution in [0.4, 0.5) is 5.82 Å². The molecule has 1 aromatic heterocycles. The third kappa shape index (κ3) is 1.93. The fraction of sp³-hybridized carbons (Fsp3) is 0.250. The third-order valence-corrected chi connectivity index (χ3v) is 3.91. The minimum atomic E-state index is 0.432. The molecule has 4 heteroatoms. The lowest BCUT2D eigenvalue weighted by Gasteiger charge is -2.04. The summed E-state index contributed by atoms with van der Waals surface area (Å²) < 4.78 is 5.20. The number of thioether (sulfide) groups is 1. The van der Waals surface area contributed by atoms with E-state index in [4.69, 9.17) is 10.3 Å². The van der Waals surface area contributed by atoms with Gasteiger partial charge in [0.05, 0.1) is 0 Å². The number of nitrogens with two attached hydrogens (primary N) is 1. The maximum atomic E-state index is 5.57. The molecule has 1 fully saturated rings. The van der Waals surface area contributed by atoms with Gasteiger partial charge in [0.1, 0.15) is 0 Å². The van der Waals surface area contributed by atoms with Gasteiger partial charge in [-0.25, -0.2) is 0 Å². The molecule has 3 rings (SSSR count). The Labute approximate surface area is 98.0 Å². The Morgan fingerprint density at radius 1 is 1.31 bits per heavy atom. The van der Waals surface area contributed by atoms with E-state index in [0.717, 1.165) is 16.6 Å². The molecule has 0 saturated heterocycles. The molecule has 0 aliphatic heterocycles. The average Bonchev–Trinajstić information content (AvgIpc) is 3.00. The van der Waals surface area contributed by atoms with Crippen LogP contribution in [0.15, 0.2) is 39.8 Å². The van der Waals surface area contributed by atoms with E-state index in [0.29, 0.717) is 5.82 Å². The molecule has 3 nitrogen and oxygen atoms in total. The van der Waals surface area contributed by atoms with Crippen molar-refractivity contribution in [1.29, 1.82) is 0 Å². The van der Waals surface area contributed by atoms with Crippen LogP contribution in [-0.2, 0) is 0 Å². The van der Waals surface area contributed by atoms with Gasteiger partial charge in [0.15, 0.2) is 11.6 Å². The van der Waals surface area contributed by atoms with E-state index >= 15 is 0 Å². The molecule has 2 N–H and O–H groups in total. The SMILES string of the molecule is Nc1cc(-c2ccccc2SC2CC2)on1. The zero-order valence-electron chi connectivity index (χ0n) is 8.72. The van der Waals surface area contributed by atoms with Crippen LogP contribution in [0.25, 0.3) is 11.3 Å². The molecule has 1 aliphatic carbocycles. The number of anilines is 1. The first-order valence-electron chi connectivity index (χ1n) is 5.31. The topological polar surface area (TPSA) is 52.0 Å². The zero-order valence-corrected chi connectivity index (χ0v) is 9.54. The normalized spacial score (nSPS) is 15.2. The van der Waals surface area contributed by atoms with Gasteiger partial charge in [-0.1, -0.05) is 17.3 Å². The van der Waals surface area contributed by atoms with Crippen LogP contribution in [0.2, 0.25) is 0 Å². The summed E-state index contributed by atoms with van der Waals surface area (Å²) in [6.07, 6.45) is 2.63. The minimum Gasteiger partial charge on any atom is -0.381 e. The predicted octanol–water partition coefficient (Wildman–Crippen LogP) is 3.18. The number of aromatic nitrogens is 1. The van der Waals surface area contributed by atoms with E-state index in [1.807, 2.05) is 30.0 Å². The van der Waals surface area contributed by atoms with Crippen LogP contribution in [0.1, 0.15) is 12.8 Å². The summed E-state index contributed by atoms with van der Waals surface area (Å²) in [6.45, 7) is 0. The molecule has 1 aliphatic rings. The molecule has 0 spiro atoms. The molecule has 82 valence electrons. The van der Waals surface area contributed by atoms with Crippen LogP contribution in [0, 0.1) is 0 Å². The molecule has 1 heterocycles. The number of nitrogen functional groups attached to an aromatic ring is 1. The van der Waals surface area contributed by atoms with E-state index in [-0.39, 0.29) is 0 Å². The van der Waals surface area contributed by atoms with Crippen LogP contribution in [0.5, 0.6) is 0 Å². The fourth-order valence-electron chi connectivity index (χ4n) is 1.55. The molecular formula is C12H12N2OS.